The van der Waals surface area contributed by atoms with E-state index in [9.17, 15) is 0 Å². The molecule has 0 aliphatic carbocycles. The van der Waals surface area contributed by atoms with Gasteiger partial charge in [0, 0.05) is 56.4 Å². The van der Waals surface area contributed by atoms with Crippen molar-refractivity contribution < 1.29 is 0 Å². The topological polar surface area (TPSA) is 62.5 Å². The third-order valence-electron chi connectivity index (χ3n) is 4.73. The Kier molecular flexibility index (Phi) is 4.29. The van der Waals surface area contributed by atoms with Crippen LogP contribution in [-0.4, -0.2) is 50.7 Å². The molecule has 1 aliphatic heterocycles. The molecule has 8 heteroatoms. The Morgan fingerprint density at radius 1 is 1.20 bits per heavy atom. The molecular formula is C17H20BrN7. The molecule has 1 aliphatic rings. The number of nitrogens with zero attached hydrogens (tertiary/aromatic N) is 7. The maximum Gasteiger partial charge on any atom is 0.225 e. The van der Waals surface area contributed by atoms with Crippen LogP contribution < -0.4 is 9.80 Å². The highest BCUT2D eigenvalue weighted by molar-refractivity contribution is 9.10. The number of rotatable bonds is 3. The molecule has 0 aromatic carbocycles. The second kappa shape index (κ2) is 6.59. The summed E-state index contributed by atoms with van der Waals surface area (Å²) in [6.45, 7) is 3.98. The Balaban J connectivity index is 1.49. The third kappa shape index (κ3) is 3.18. The monoisotopic (exact) mass is 401 g/mol. The van der Waals surface area contributed by atoms with E-state index in [0.29, 0.717) is 6.04 Å². The molecule has 4 rings (SSSR count). The van der Waals surface area contributed by atoms with E-state index in [4.69, 9.17) is 0 Å². The van der Waals surface area contributed by atoms with Crippen molar-refractivity contribution in [2.24, 2.45) is 0 Å². The molecule has 1 saturated heterocycles. The zero-order valence-corrected chi connectivity index (χ0v) is 15.9. The fraction of sp³-hybridized carbons (Fsp3) is 0.412. The standard InChI is InChI=1S/C17H20BrN7/c1-12-9-16(25-15(22-12)3-6-21-25)24-7-4-14(5-8-24)23(2)17-19-10-13(18)11-20-17/h3,6,9-11,14H,4-5,7-8H2,1-2H3. The fourth-order valence-corrected chi connectivity index (χ4v) is 3.58. The zero-order chi connectivity index (χ0) is 17.4. The smallest absolute Gasteiger partial charge is 0.225 e. The van der Waals surface area contributed by atoms with E-state index in [1.54, 1.807) is 18.6 Å². The van der Waals surface area contributed by atoms with Gasteiger partial charge in [0.2, 0.25) is 5.95 Å². The summed E-state index contributed by atoms with van der Waals surface area (Å²) < 4.78 is 2.82. The lowest BCUT2D eigenvalue weighted by molar-refractivity contribution is 0.473. The minimum atomic E-state index is 0.438. The molecule has 0 saturated carbocycles. The van der Waals surface area contributed by atoms with Crippen molar-refractivity contribution in [2.75, 3.05) is 29.9 Å². The van der Waals surface area contributed by atoms with E-state index in [-0.39, 0.29) is 0 Å². The Labute approximate surface area is 154 Å². The van der Waals surface area contributed by atoms with Gasteiger partial charge in [0.1, 0.15) is 5.82 Å². The summed E-state index contributed by atoms with van der Waals surface area (Å²) in [7, 11) is 2.08. The summed E-state index contributed by atoms with van der Waals surface area (Å²) in [6.07, 6.45) is 7.50. The SMILES string of the molecule is Cc1cc(N2CCC(N(C)c3ncc(Br)cn3)CC2)n2nccc2n1. The van der Waals surface area contributed by atoms with Crippen LogP contribution >= 0.6 is 15.9 Å². The normalized spacial score (nSPS) is 15.7. The van der Waals surface area contributed by atoms with Gasteiger partial charge in [-0.25, -0.2) is 15.0 Å². The number of piperidine rings is 1. The highest BCUT2D eigenvalue weighted by Gasteiger charge is 2.25. The van der Waals surface area contributed by atoms with E-state index in [0.717, 1.165) is 53.5 Å². The molecule has 0 amide bonds. The van der Waals surface area contributed by atoms with Crippen LogP contribution in [0.5, 0.6) is 0 Å². The Hall–Kier alpha value is -2.22. The van der Waals surface area contributed by atoms with Crippen molar-refractivity contribution in [1.29, 1.82) is 0 Å². The van der Waals surface area contributed by atoms with Crippen LogP contribution in [0.2, 0.25) is 0 Å². The molecule has 0 bridgehead atoms. The summed E-state index contributed by atoms with van der Waals surface area (Å²) in [5, 5.41) is 4.42. The van der Waals surface area contributed by atoms with Crippen molar-refractivity contribution in [2.45, 2.75) is 25.8 Å². The van der Waals surface area contributed by atoms with Gasteiger partial charge in [0.15, 0.2) is 5.65 Å². The van der Waals surface area contributed by atoms with Gasteiger partial charge in [-0.3, -0.25) is 0 Å². The highest BCUT2D eigenvalue weighted by atomic mass is 79.9. The summed E-state index contributed by atoms with van der Waals surface area (Å²) in [5.74, 6) is 1.89. The Bertz CT molecular complexity index is 868. The molecule has 130 valence electrons. The predicted octanol–water partition coefficient (Wildman–Crippen LogP) is 2.70. The number of fused-ring (bicyclic) bond motifs is 1. The molecule has 3 aromatic heterocycles. The van der Waals surface area contributed by atoms with Gasteiger partial charge in [0.25, 0.3) is 0 Å². The quantitative estimate of drug-likeness (QED) is 0.672. The predicted molar refractivity (Wildman–Crippen MR) is 101 cm³/mol. The summed E-state index contributed by atoms with van der Waals surface area (Å²) in [4.78, 5) is 17.9. The molecule has 1 fully saturated rings. The van der Waals surface area contributed by atoms with Crippen molar-refractivity contribution in [1.82, 2.24) is 24.6 Å². The van der Waals surface area contributed by atoms with E-state index < -0.39 is 0 Å². The van der Waals surface area contributed by atoms with Crippen molar-refractivity contribution in [3.63, 3.8) is 0 Å². The summed E-state index contributed by atoms with van der Waals surface area (Å²) in [5.41, 5.74) is 1.92. The first-order valence-corrected chi connectivity index (χ1v) is 9.18. The molecule has 0 atom stereocenters. The third-order valence-corrected chi connectivity index (χ3v) is 5.14. The average molecular weight is 402 g/mol. The Morgan fingerprint density at radius 2 is 1.92 bits per heavy atom. The zero-order valence-electron chi connectivity index (χ0n) is 14.3. The first-order valence-electron chi connectivity index (χ1n) is 8.38. The van der Waals surface area contributed by atoms with E-state index in [1.807, 2.05) is 17.5 Å². The molecule has 0 N–H and O–H groups in total. The van der Waals surface area contributed by atoms with E-state index >= 15 is 0 Å². The lowest BCUT2D eigenvalue weighted by atomic mass is 10.0. The maximum absolute atomic E-state index is 4.53. The van der Waals surface area contributed by atoms with Gasteiger partial charge < -0.3 is 9.80 Å². The largest absolute Gasteiger partial charge is 0.356 e. The van der Waals surface area contributed by atoms with Gasteiger partial charge in [-0.2, -0.15) is 9.61 Å². The fourth-order valence-electron chi connectivity index (χ4n) is 3.38. The molecule has 3 aromatic rings. The van der Waals surface area contributed by atoms with Crippen LogP contribution in [0.3, 0.4) is 0 Å². The van der Waals surface area contributed by atoms with Crippen LogP contribution in [0.1, 0.15) is 18.5 Å². The first-order chi connectivity index (χ1) is 12.1. The molecule has 4 heterocycles. The van der Waals surface area contributed by atoms with E-state index in [2.05, 4.69) is 58.9 Å². The number of aryl methyl sites for hydroxylation is 1. The average Bonchev–Trinajstić information content (AvgIpc) is 3.09. The number of anilines is 2. The molecule has 25 heavy (non-hydrogen) atoms. The minimum absolute atomic E-state index is 0.438. The number of halogens is 1. The molecule has 7 nitrogen and oxygen atoms in total. The van der Waals surface area contributed by atoms with Crippen LogP contribution in [0.4, 0.5) is 11.8 Å². The molecule has 0 radical (unpaired) electrons. The summed E-state index contributed by atoms with van der Waals surface area (Å²) in [6, 6.07) is 4.50. The van der Waals surface area contributed by atoms with Gasteiger partial charge in [0.05, 0.1) is 10.7 Å². The van der Waals surface area contributed by atoms with Crippen LogP contribution in [0.25, 0.3) is 5.65 Å². The van der Waals surface area contributed by atoms with Crippen LogP contribution in [0.15, 0.2) is 35.2 Å². The summed E-state index contributed by atoms with van der Waals surface area (Å²) >= 11 is 3.38. The number of hydrogen-bond acceptors (Lipinski definition) is 6. The van der Waals surface area contributed by atoms with Gasteiger partial charge >= 0.3 is 0 Å². The first kappa shape index (κ1) is 16.3. The maximum atomic E-state index is 4.53. The van der Waals surface area contributed by atoms with Gasteiger partial charge in [-0.15, -0.1) is 0 Å². The molecule has 0 spiro atoms. The lowest BCUT2D eigenvalue weighted by Gasteiger charge is -2.37. The van der Waals surface area contributed by atoms with Crippen molar-refractivity contribution in [3.8, 4) is 0 Å². The Morgan fingerprint density at radius 3 is 2.64 bits per heavy atom. The second-order valence-corrected chi connectivity index (χ2v) is 7.30. The van der Waals surface area contributed by atoms with E-state index in [1.165, 1.54) is 0 Å². The highest BCUT2D eigenvalue weighted by Crippen LogP contribution is 2.24. The van der Waals surface area contributed by atoms with Gasteiger partial charge in [-0.05, 0) is 35.7 Å². The minimum Gasteiger partial charge on any atom is -0.356 e. The number of hydrogen-bond donors (Lipinski definition) is 0. The second-order valence-electron chi connectivity index (χ2n) is 6.39. The van der Waals surface area contributed by atoms with Gasteiger partial charge in [-0.1, -0.05) is 0 Å². The lowest BCUT2D eigenvalue weighted by Crippen LogP contribution is -2.44. The molecular weight excluding hydrogens is 382 g/mol. The van der Waals surface area contributed by atoms with Crippen LogP contribution in [-0.2, 0) is 0 Å². The van der Waals surface area contributed by atoms with Crippen molar-refractivity contribution in [3.05, 3.63) is 40.9 Å². The van der Waals surface area contributed by atoms with Crippen LogP contribution in [0, 0.1) is 6.92 Å². The van der Waals surface area contributed by atoms with Crippen molar-refractivity contribution >= 4 is 33.3 Å². The molecule has 0 unspecified atom stereocenters. The number of aromatic nitrogens is 5.